The highest BCUT2D eigenvalue weighted by molar-refractivity contribution is 7.09. The van der Waals surface area contributed by atoms with Gasteiger partial charge in [-0.2, -0.15) is 0 Å². The summed E-state index contributed by atoms with van der Waals surface area (Å²) in [6.45, 7) is 4.45. The van der Waals surface area contributed by atoms with Gasteiger partial charge in [-0.05, 0) is 20.3 Å². The topological polar surface area (TPSA) is 88.4 Å². The molecule has 1 aromatic heterocycles. The lowest BCUT2D eigenvalue weighted by molar-refractivity contribution is -0.137. The number of hydrogen-bond acceptors (Lipinski definition) is 4. The number of aromatic nitrogens is 1. The van der Waals surface area contributed by atoms with Gasteiger partial charge in [-0.1, -0.05) is 11.3 Å². The lowest BCUT2D eigenvalue weighted by Crippen LogP contribution is -2.27. The number of carbonyl (C=O) groups is 2. The number of thiazole rings is 1. The molecule has 0 saturated heterocycles. The largest absolute Gasteiger partial charge is 0.481 e. The third-order valence-electron chi connectivity index (χ3n) is 2.83. The van der Waals surface area contributed by atoms with Crippen molar-refractivity contribution in [2.75, 3.05) is 6.54 Å². The summed E-state index contributed by atoms with van der Waals surface area (Å²) < 4.78 is 1.59. The molecule has 0 aliphatic heterocycles. The van der Waals surface area contributed by atoms with Crippen LogP contribution in [0.1, 0.15) is 29.8 Å². The molecular formula is C12H18N2O4S. The van der Waals surface area contributed by atoms with Gasteiger partial charge in [-0.3, -0.25) is 14.4 Å². The molecule has 0 aromatic carbocycles. The Bertz CT molecular complexity index is 518. The van der Waals surface area contributed by atoms with Crippen molar-refractivity contribution < 1.29 is 14.7 Å². The fourth-order valence-corrected chi connectivity index (χ4v) is 2.47. The van der Waals surface area contributed by atoms with Crippen LogP contribution in [-0.4, -0.2) is 28.1 Å². The Kier molecular flexibility index (Phi) is 5.75. The molecule has 1 rings (SSSR count). The average Bonchev–Trinajstić information content (AvgIpc) is 2.57. The van der Waals surface area contributed by atoms with Crippen LogP contribution in [0.5, 0.6) is 0 Å². The quantitative estimate of drug-likeness (QED) is 0.729. The number of aryl methyl sites for hydroxylation is 1. The zero-order valence-electron chi connectivity index (χ0n) is 11.1. The van der Waals surface area contributed by atoms with E-state index < -0.39 is 5.97 Å². The van der Waals surface area contributed by atoms with Gasteiger partial charge in [-0.15, -0.1) is 0 Å². The van der Waals surface area contributed by atoms with Crippen LogP contribution in [0.2, 0.25) is 0 Å². The minimum atomic E-state index is -0.870. The average molecular weight is 286 g/mol. The summed E-state index contributed by atoms with van der Waals surface area (Å²) >= 11 is 1.18. The van der Waals surface area contributed by atoms with Crippen molar-refractivity contribution in [3.63, 3.8) is 0 Å². The standard InChI is InChI=1S/C12H18N2O4S/c1-8-9(2)19-12(18)14(8)7-5-10(15)13-6-3-4-11(16)17/h3-7H2,1-2H3,(H,13,15)(H,16,17). The molecule has 1 amide bonds. The number of amides is 1. The smallest absolute Gasteiger partial charge is 0.307 e. The molecule has 0 spiro atoms. The van der Waals surface area contributed by atoms with Crippen LogP contribution in [0.3, 0.4) is 0 Å². The first kappa shape index (κ1) is 15.4. The van der Waals surface area contributed by atoms with E-state index in [1.165, 1.54) is 11.3 Å². The van der Waals surface area contributed by atoms with Gasteiger partial charge in [0.1, 0.15) is 0 Å². The molecule has 6 nitrogen and oxygen atoms in total. The number of nitrogens with zero attached hydrogens (tertiary/aromatic N) is 1. The summed E-state index contributed by atoms with van der Waals surface area (Å²) in [5.74, 6) is -1.04. The van der Waals surface area contributed by atoms with Crippen LogP contribution in [0.4, 0.5) is 0 Å². The van der Waals surface area contributed by atoms with Crippen molar-refractivity contribution in [2.24, 2.45) is 0 Å². The van der Waals surface area contributed by atoms with Gasteiger partial charge in [0.05, 0.1) is 0 Å². The Labute approximate surface area is 115 Å². The van der Waals surface area contributed by atoms with E-state index in [4.69, 9.17) is 5.11 Å². The van der Waals surface area contributed by atoms with E-state index in [1.54, 1.807) is 4.57 Å². The number of nitrogens with one attached hydrogen (secondary N) is 1. The molecule has 0 radical (unpaired) electrons. The summed E-state index contributed by atoms with van der Waals surface area (Å²) in [6.07, 6.45) is 0.685. The Hall–Kier alpha value is -1.63. The first-order valence-electron chi connectivity index (χ1n) is 6.07. The number of aliphatic carboxylic acids is 1. The molecule has 0 unspecified atom stereocenters. The number of carbonyl (C=O) groups excluding carboxylic acids is 1. The maximum Gasteiger partial charge on any atom is 0.307 e. The van der Waals surface area contributed by atoms with Crippen molar-refractivity contribution in [3.05, 3.63) is 20.2 Å². The summed E-state index contributed by atoms with van der Waals surface area (Å²) in [6, 6.07) is 0. The Morgan fingerprint density at radius 2 is 2.00 bits per heavy atom. The van der Waals surface area contributed by atoms with Crippen molar-refractivity contribution in [3.8, 4) is 0 Å². The van der Waals surface area contributed by atoms with Crippen LogP contribution in [0, 0.1) is 13.8 Å². The van der Waals surface area contributed by atoms with Crippen molar-refractivity contribution in [1.82, 2.24) is 9.88 Å². The third kappa shape index (κ3) is 4.86. The number of carboxylic acids is 1. The maximum absolute atomic E-state index is 11.6. The normalized spacial score (nSPS) is 10.4. The van der Waals surface area contributed by atoms with Gasteiger partial charge >= 0.3 is 10.8 Å². The summed E-state index contributed by atoms with van der Waals surface area (Å²) in [7, 11) is 0. The summed E-state index contributed by atoms with van der Waals surface area (Å²) in [4.78, 5) is 34.3. The predicted molar refractivity (Wildman–Crippen MR) is 72.5 cm³/mol. The molecule has 1 aromatic rings. The van der Waals surface area contributed by atoms with E-state index >= 15 is 0 Å². The lowest BCUT2D eigenvalue weighted by Gasteiger charge is -2.06. The first-order valence-corrected chi connectivity index (χ1v) is 6.88. The van der Waals surface area contributed by atoms with E-state index in [0.29, 0.717) is 19.5 Å². The van der Waals surface area contributed by atoms with Crippen LogP contribution in [0.15, 0.2) is 4.79 Å². The second-order valence-electron chi connectivity index (χ2n) is 4.26. The Morgan fingerprint density at radius 3 is 2.53 bits per heavy atom. The van der Waals surface area contributed by atoms with E-state index in [0.717, 1.165) is 10.6 Å². The van der Waals surface area contributed by atoms with Crippen LogP contribution in [-0.2, 0) is 16.1 Å². The molecule has 106 valence electrons. The van der Waals surface area contributed by atoms with Gasteiger partial charge in [0.2, 0.25) is 5.91 Å². The van der Waals surface area contributed by atoms with Gasteiger partial charge < -0.3 is 15.0 Å². The molecular weight excluding hydrogens is 268 g/mol. The zero-order chi connectivity index (χ0) is 14.4. The van der Waals surface area contributed by atoms with Gasteiger partial charge in [0.25, 0.3) is 0 Å². The number of carboxylic acid groups (broad SMARTS) is 1. The Morgan fingerprint density at radius 1 is 1.32 bits per heavy atom. The van der Waals surface area contributed by atoms with Gasteiger partial charge in [0.15, 0.2) is 0 Å². The van der Waals surface area contributed by atoms with E-state index in [-0.39, 0.29) is 23.6 Å². The maximum atomic E-state index is 11.6. The second-order valence-corrected chi connectivity index (χ2v) is 5.42. The molecule has 0 aliphatic carbocycles. The van der Waals surface area contributed by atoms with Crippen LogP contribution < -0.4 is 10.2 Å². The molecule has 0 atom stereocenters. The van der Waals surface area contributed by atoms with Crippen molar-refractivity contribution >= 4 is 23.2 Å². The summed E-state index contributed by atoms with van der Waals surface area (Å²) in [5.41, 5.74) is 0.897. The number of rotatable bonds is 7. The van der Waals surface area contributed by atoms with E-state index in [9.17, 15) is 14.4 Å². The second kappa shape index (κ2) is 7.08. The molecule has 0 bridgehead atoms. The minimum Gasteiger partial charge on any atom is -0.481 e. The zero-order valence-corrected chi connectivity index (χ0v) is 11.9. The monoisotopic (exact) mass is 286 g/mol. The molecule has 19 heavy (non-hydrogen) atoms. The highest BCUT2D eigenvalue weighted by Gasteiger charge is 2.09. The van der Waals surface area contributed by atoms with E-state index in [1.807, 2.05) is 13.8 Å². The first-order chi connectivity index (χ1) is 8.91. The van der Waals surface area contributed by atoms with Gasteiger partial charge in [0, 0.05) is 36.5 Å². The number of hydrogen-bond donors (Lipinski definition) is 2. The minimum absolute atomic E-state index is 0.0442. The molecule has 0 fully saturated rings. The summed E-state index contributed by atoms with van der Waals surface area (Å²) in [5, 5.41) is 11.1. The Balaban J connectivity index is 2.34. The van der Waals surface area contributed by atoms with Crippen LogP contribution in [0.25, 0.3) is 0 Å². The van der Waals surface area contributed by atoms with Crippen molar-refractivity contribution in [1.29, 1.82) is 0 Å². The fraction of sp³-hybridized carbons (Fsp3) is 0.583. The van der Waals surface area contributed by atoms with Crippen LogP contribution >= 0.6 is 11.3 Å². The molecule has 2 N–H and O–H groups in total. The highest BCUT2D eigenvalue weighted by atomic mass is 32.1. The highest BCUT2D eigenvalue weighted by Crippen LogP contribution is 2.09. The third-order valence-corrected chi connectivity index (χ3v) is 3.82. The molecule has 7 heteroatoms. The van der Waals surface area contributed by atoms with Gasteiger partial charge in [-0.25, -0.2) is 0 Å². The SMILES string of the molecule is Cc1sc(=O)n(CCC(=O)NCCCC(=O)O)c1C. The fourth-order valence-electron chi connectivity index (χ4n) is 1.62. The molecule has 0 saturated carbocycles. The van der Waals surface area contributed by atoms with Crippen molar-refractivity contribution in [2.45, 2.75) is 39.7 Å². The predicted octanol–water partition coefficient (Wildman–Crippen LogP) is 0.898. The molecule has 0 aliphatic rings. The molecule has 1 heterocycles. The van der Waals surface area contributed by atoms with E-state index in [2.05, 4.69) is 5.32 Å². The lowest BCUT2D eigenvalue weighted by atomic mass is 10.3.